The van der Waals surface area contributed by atoms with Crippen molar-refractivity contribution in [3.63, 3.8) is 0 Å². The van der Waals surface area contributed by atoms with Gasteiger partial charge in [-0.2, -0.15) is 0 Å². The highest BCUT2D eigenvalue weighted by atomic mass is 16.7. The minimum atomic E-state index is -0.842. The van der Waals surface area contributed by atoms with Crippen LogP contribution in [0.5, 0.6) is 0 Å². The predicted octanol–water partition coefficient (Wildman–Crippen LogP) is 7.06. The maximum atomic E-state index is 12.4. The summed E-state index contributed by atoms with van der Waals surface area (Å²) in [6, 6.07) is 0. The van der Waals surface area contributed by atoms with Crippen molar-refractivity contribution in [3.8, 4) is 0 Å². The van der Waals surface area contributed by atoms with Gasteiger partial charge in [0.2, 0.25) is 0 Å². The van der Waals surface area contributed by atoms with Gasteiger partial charge in [0.15, 0.2) is 0 Å². The van der Waals surface area contributed by atoms with E-state index in [-0.39, 0.29) is 25.1 Å². The topological polar surface area (TPSA) is 106 Å². The molecule has 0 spiro atoms. The number of aliphatic carboxylic acids is 1. The maximum Gasteiger partial charge on any atom is 0.508 e. The molecule has 0 bridgehead atoms. The molecule has 0 radical (unpaired) electrons. The van der Waals surface area contributed by atoms with Gasteiger partial charge >= 0.3 is 18.1 Å². The molecule has 242 valence electrons. The summed E-state index contributed by atoms with van der Waals surface area (Å²) in [6.45, 7) is 13.8. The van der Waals surface area contributed by atoms with Crippen molar-refractivity contribution in [2.24, 2.45) is 0 Å². The van der Waals surface area contributed by atoms with Crippen LogP contribution in [-0.2, 0) is 23.8 Å². The summed E-state index contributed by atoms with van der Waals surface area (Å²) in [5.41, 5.74) is 0. The summed E-state index contributed by atoms with van der Waals surface area (Å²) in [7, 11) is 0. The van der Waals surface area contributed by atoms with Gasteiger partial charge in [-0.15, -0.1) is 0 Å². The lowest BCUT2D eigenvalue weighted by Crippen LogP contribution is -2.39. The maximum absolute atomic E-state index is 12.4. The van der Waals surface area contributed by atoms with Gasteiger partial charge in [0.05, 0.1) is 0 Å². The van der Waals surface area contributed by atoms with Crippen LogP contribution in [-0.4, -0.2) is 91.6 Å². The van der Waals surface area contributed by atoms with E-state index in [9.17, 15) is 14.4 Å². The van der Waals surface area contributed by atoms with E-state index in [2.05, 4.69) is 37.5 Å². The van der Waals surface area contributed by atoms with Gasteiger partial charge in [-0.3, -0.25) is 14.5 Å². The quantitative estimate of drug-likeness (QED) is 0.0728. The fraction of sp³-hybridized carbons (Fsp3) is 0.906. The molecule has 0 heterocycles. The molecule has 0 aliphatic heterocycles. The van der Waals surface area contributed by atoms with E-state index in [1.165, 1.54) is 32.1 Å². The number of carbonyl (C=O) groups excluding carboxylic acids is 2. The molecule has 1 unspecified atom stereocenters. The van der Waals surface area contributed by atoms with Gasteiger partial charge in [0.1, 0.15) is 19.3 Å². The van der Waals surface area contributed by atoms with E-state index >= 15 is 0 Å². The van der Waals surface area contributed by atoms with Crippen LogP contribution >= 0.6 is 0 Å². The van der Waals surface area contributed by atoms with Crippen LogP contribution < -0.4 is 0 Å². The Labute approximate surface area is 250 Å². The van der Waals surface area contributed by atoms with Crippen LogP contribution in [0.3, 0.4) is 0 Å². The van der Waals surface area contributed by atoms with E-state index in [1.807, 2.05) is 0 Å². The molecule has 0 aliphatic rings. The number of hydrogen-bond acceptors (Lipinski definition) is 8. The van der Waals surface area contributed by atoms with Crippen LogP contribution in [0, 0.1) is 0 Å². The molecular formula is C32H62N2O7. The van der Waals surface area contributed by atoms with E-state index in [4.69, 9.17) is 19.3 Å². The molecule has 0 aromatic carbocycles. The fourth-order valence-electron chi connectivity index (χ4n) is 4.72. The molecule has 9 heteroatoms. The third kappa shape index (κ3) is 25.6. The molecule has 41 heavy (non-hydrogen) atoms. The van der Waals surface area contributed by atoms with Crippen molar-refractivity contribution in [2.75, 3.05) is 52.5 Å². The summed E-state index contributed by atoms with van der Waals surface area (Å²) in [6.07, 6.45) is 13.6. The second kappa shape index (κ2) is 28.3. The van der Waals surface area contributed by atoms with Gasteiger partial charge < -0.3 is 24.2 Å². The summed E-state index contributed by atoms with van der Waals surface area (Å²) >= 11 is 0. The molecular weight excluding hydrogens is 524 g/mol. The summed E-state index contributed by atoms with van der Waals surface area (Å²) in [4.78, 5) is 40.0. The van der Waals surface area contributed by atoms with E-state index in [0.717, 1.165) is 71.1 Å². The first kappa shape index (κ1) is 39.1. The van der Waals surface area contributed by atoms with Crippen molar-refractivity contribution >= 4 is 18.1 Å². The first-order valence-electron chi connectivity index (χ1n) is 16.5. The second-order valence-electron chi connectivity index (χ2n) is 10.9. The lowest BCUT2D eigenvalue weighted by atomic mass is 10.0. The number of nitrogens with zero attached hydrogens (tertiary/aromatic N) is 2. The fourth-order valence-corrected chi connectivity index (χ4v) is 4.72. The minimum Gasteiger partial charge on any atom is -0.481 e. The Morgan fingerprint density at radius 3 is 1.76 bits per heavy atom. The van der Waals surface area contributed by atoms with Crippen molar-refractivity contribution < 1.29 is 33.7 Å². The molecule has 0 aromatic heterocycles. The second-order valence-corrected chi connectivity index (χ2v) is 10.9. The molecule has 0 aliphatic carbocycles. The monoisotopic (exact) mass is 586 g/mol. The minimum absolute atomic E-state index is 0.0645. The lowest BCUT2D eigenvalue weighted by molar-refractivity contribution is -0.144. The zero-order valence-corrected chi connectivity index (χ0v) is 26.8. The lowest BCUT2D eigenvalue weighted by Gasteiger charge is -2.26. The Bertz CT molecular complexity index is 644. The molecule has 1 N–H and O–H groups in total. The molecule has 0 saturated heterocycles. The number of carboxylic acids is 1. The zero-order chi connectivity index (χ0) is 30.6. The summed E-state index contributed by atoms with van der Waals surface area (Å²) in [5.74, 6) is -0.986. The number of rotatable bonds is 29. The highest BCUT2D eigenvalue weighted by Crippen LogP contribution is 2.15. The number of esters is 1. The third-order valence-corrected chi connectivity index (χ3v) is 7.47. The molecule has 1 atom stereocenters. The number of carbonyl (C=O) groups is 3. The van der Waals surface area contributed by atoms with Crippen LogP contribution in [0.4, 0.5) is 4.79 Å². The van der Waals surface area contributed by atoms with Gasteiger partial charge in [0, 0.05) is 39.0 Å². The van der Waals surface area contributed by atoms with Crippen LogP contribution in [0.1, 0.15) is 130 Å². The summed E-state index contributed by atoms with van der Waals surface area (Å²) < 4.78 is 16.5. The van der Waals surface area contributed by atoms with Gasteiger partial charge in [-0.1, -0.05) is 85.5 Å². The van der Waals surface area contributed by atoms with Gasteiger partial charge in [0.25, 0.3) is 0 Å². The highest BCUT2D eigenvalue weighted by molar-refractivity contribution is 5.69. The first-order chi connectivity index (χ1) is 19.9. The molecule has 0 saturated carbocycles. The molecule has 0 aromatic rings. The smallest absolute Gasteiger partial charge is 0.481 e. The first-order valence-corrected chi connectivity index (χ1v) is 16.5. The largest absolute Gasteiger partial charge is 0.508 e. The zero-order valence-electron chi connectivity index (χ0n) is 26.8. The van der Waals surface area contributed by atoms with Crippen molar-refractivity contribution in [3.05, 3.63) is 0 Å². The Morgan fingerprint density at radius 2 is 1.15 bits per heavy atom. The van der Waals surface area contributed by atoms with E-state index in [0.29, 0.717) is 39.0 Å². The van der Waals surface area contributed by atoms with Crippen molar-refractivity contribution in [1.29, 1.82) is 0 Å². The Hall–Kier alpha value is -1.87. The molecule has 0 rings (SSSR count). The van der Waals surface area contributed by atoms with Crippen LogP contribution in [0.2, 0.25) is 0 Å². The molecule has 0 amide bonds. The van der Waals surface area contributed by atoms with Crippen molar-refractivity contribution in [2.45, 2.75) is 137 Å². The van der Waals surface area contributed by atoms with Crippen LogP contribution in [0.25, 0.3) is 0 Å². The summed E-state index contributed by atoms with van der Waals surface area (Å²) in [5, 5.41) is 8.94. The number of carboxylic acid groups (broad SMARTS) is 1. The normalized spacial score (nSPS) is 12.0. The van der Waals surface area contributed by atoms with Crippen molar-refractivity contribution in [1.82, 2.24) is 9.80 Å². The Balaban J connectivity index is 4.56. The average molecular weight is 587 g/mol. The SMILES string of the molecule is CCCCCCCCCC(=O)OCCN(CCOC(=O)OC(CCCCCC)CCCC(=O)O)CCN(CC)CC. The average Bonchev–Trinajstić information content (AvgIpc) is 2.94. The van der Waals surface area contributed by atoms with Crippen LogP contribution in [0.15, 0.2) is 0 Å². The van der Waals surface area contributed by atoms with E-state index < -0.39 is 12.1 Å². The number of hydrogen-bond donors (Lipinski definition) is 1. The van der Waals surface area contributed by atoms with Gasteiger partial charge in [-0.25, -0.2) is 4.79 Å². The number of ether oxygens (including phenoxy) is 3. The number of likely N-dealkylation sites (N-methyl/N-ethyl adjacent to an activating group) is 1. The van der Waals surface area contributed by atoms with Gasteiger partial charge in [-0.05, 0) is 45.2 Å². The van der Waals surface area contributed by atoms with E-state index in [1.54, 1.807) is 0 Å². The molecule has 0 fully saturated rings. The third-order valence-electron chi connectivity index (χ3n) is 7.47. The number of unbranched alkanes of at least 4 members (excludes halogenated alkanes) is 9. The Kier molecular flexibility index (Phi) is 27.0. The molecule has 9 nitrogen and oxygen atoms in total. The highest BCUT2D eigenvalue weighted by Gasteiger charge is 2.17. The Morgan fingerprint density at radius 1 is 0.610 bits per heavy atom. The predicted molar refractivity (Wildman–Crippen MR) is 164 cm³/mol. The standard InChI is InChI=1S/C32H62N2O7/c1-5-9-11-13-14-15-17-22-31(37)39-27-25-34(24-23-33(7-3)8-4)26-28-40-32(38)41-29(19-16-12-10-6-2)20-18-21-30(35)36/h29H,5-28H2,1-4H3,(H,35,36).